The van der Waals surface area contributed by atoms with E-state index in [1.165, 1.54) is 4.90 Å². The molecule has 104 valence electrons. The van der Waals surface area contributed by atoms with Crippen molar-refractivity contribution in [2.24, 2.45) is 5.41 Å². The molecule has 0 heterocycles. The minimum atomic E-state index is -0.835. The second kappa shape index (κ2) is 6.04. The van der Waals surface area contributed by atoms with Crippen LogP contribution in [0.4, 0.5) is 4.79 Å². The lowest BCUT2D eigenvalue weighted by atomic mass is 9.86. The molecule has 1 unspecified atom stereocenters. The van der Waals surface area contributed by atoms with E-state index in [1.54, 1.807) is 14.0 Å². The Kier molecular flexibility index (Phi) is 4.95. The van der Waals surface area contributed by atoms with Gasteiger partial charge in [0.25, 0.3) is 0 Å². The molecule has 0 aromatic heterocycles. The molecule has 1 fully saturated rings. The van der Waals surface area contributed by atoms with E-state index in [9.17, 15) is 14.7 Å². The van der Waals surface area contributed by atoms with Crippen molar-refractivity contribution in [1.29, 1.82) is 0 Å². The first-order chi connectivity index (χ1) is 8.43. The van der Waals surface area contributed by atoms with Gasteiger partial charge in [0.2, 0.25) is 0 Å². The number of rotatable bonds is 5. The third-order valence-corrected chi connectivity index (χ3v) is 3.84. The van der Waals surface area contributed by atoms with Gasteiger partial charge in [0.1, 0.15) is 0 Å². The molecule has 1 aliphatic carbocycles. The first-order valence-corrected chi connectivity index (χ1v) is 6.28. The summed E-state index contributed by atoms with van der Waals surface area (Å²) < 4.78 is 0. The van der Waals surface area contributed by atoms with E-state index in [2.05, 4.69) is 5.32 Å². The SMILES string of the molecule is CC(CO)N(C)C(=O)NCC1(C(=O)O)CCCC1. The van der Waals surface area contributed by atoms with Crippen LogP contribution in [0.2, 0.25) is 0 Å². The maximum absolute atomic E-state index is 11.8. The maximum atomic E-state index is 11.8. The molecule has 6 heteroatoms. The van der Waals surface area contributed by atoms with Crippen molar-refractivity contribution in [2.75, 3.05) is 20.2 Å². The van der Waals surface area contributed by atoms with E-state index in [4.69, 9.17) is 5.11 Å². The molecule has 0 saturated heterocycles. The molecular weight excluding hydrogens is 236 g/mol. The van der Waals surface area contributed by atoms with E-state index >= 15 is 0 Å². The minimum Gasteiger partial charge on any atom is -0.481 e. The summed E-state index contributed by atoms with van der Waals surface area (Å²) in [4.78, 5) is 24.4. The van der Waals surface area contributed by atoms with E-state index in [0.717, 1.165) is 12.8 Å². The Bertz CT molecular complexity index is 313. The standard InChI is InChI=1S/C12H22N2O4/c1-9(7-15)14(2)11(18)13-8-12(10(16)17)5-3-4-6-12/h9,15H,3-8H2,1-2H3,(H,13,18)(H,16,17). The van der Waals surface area contributed by atoms with Crippen LogP contribution in [0.1, 0.15) is 32.6 Å². The van der Waals surface area contributed by atoms with Crippen LogP contribution in [-0.4, -0.2) is 53.4 Å². The molecule has 0 spiro atoms. The fourth-order valence-corrected chi connectivity index (χ4v) is 2.21. The lowest BCUT2D eigenvalue weighted by Crippen LogP contribution is -2.48. The maximum Gasteiger partial charge on any atom is 0.317 e. The van der Waals surface area contributed by atoms with Gasteiger partial charge in [0, 0.05) is 13.6 Å². The van der Waals surface area contributed by atoms with Crippen molar-refractivity contribution in [3.63, 3.8) is 0 Å². The molecule has 2 amide bonds. The van der Waals surface area contributed by atoms with Gasteiger partial charge in [-0.05, 0) is 19.8 Å². The molecule has 0 bridgehead atoms. The summed E-state index contributed by atoms with van der Waals surface area (Å²) in [6.45, 7) is 1.76. The minimum absolute atomic E-state index is 0.117. The van der Waals surface area contributed by atoms with Crippen LogP contribution >= 0.6 is 0 Å². The topological polar surface area (TPSA) is 89.9 Å². The van der Waals surface area contributed by atoms with Crippen molar-refractivity contribution in [3.05, 3.63) is 0 Å². The molecule has 1 aliphatic rings. The molecule has 3 N–H and O–H groups in total. The zero-order valence-electron chi connectivity index (χ0n) is 11.0. The van der Waals surface area contributed by atoms with Gasteiger partial charge in [-0.2, -0.15) is 0 Å². The van der Waals surface area contributed by atoms with Crippen LogP contribution in [-0.2, 0) is 4.79 Å². The summed E-state index contributed by atoms with van der Waals surface area (Å²) in [5.41, 5.74) is -0.807. The number of aliphatic hydroxyl groups is 1. The smallest absolute Gasteiger partial charge is 0.317 e. The average molecular weight is 258 g/mol. The Labute approximate surface area is 107 Å². The third-order valence-electron chi connectivity index (χ3n) is 3.84. The zero-order chi connectivity index (χ0) is 13.8. The lowest BCUT2D eigenvalue weighted by Gasteiger charge is -2.28. The molecule has 1 atom stereocenters. The van der Waals surface area contributed by atoms with Gasteiger partial charge in [-0.15, -0.1) is 0 Å². The summed E-state index contributed by atoms with van der Waals surface area (Å²) in [5.74, 6) is -0.835. The number of hydrogen-bond donors (Lipinski definition) is 3. The van der Waals surface area contributed by atoms with Crippen LogP contribution in [0.15, 0.2) is 0 Å². The molecular formula is C12H22N2O4. The van der Waals surface area contributed by atoms with Crippen molar-refractivity contribution in [1.82, 2.24) is 10.2 Å². The van der Waals surface area contributed by atoms with Gasteiger partial charge in [-0.1, -0.05) is 12.8 Å². The number of aliphatic carboxylic acids is 1. The normalized spacial score (nSPS) is 19.3. The van der Waals surface area contributed by atoms with E-state index in [0.29, 0.717) is 12.8 Å². The van der Waals surface area contributed by atoms with E-state index in [1.807, 2.05) is 0 Å². The molecule has 1 saturated carbocycles. The quantitative estimate of drug-likeness (QED) is 0.675. The van der Waals surface area contributed by atoms with Crippen LogP contribution in [0.3, 0.4) is 0 Å². The first kappa shape index (κ1) is 14.8. The molecule has 6 nitrogen and oxygen atoms in total. The Morgan fingerprint density at radius 2 is 1.94 bits per heavy atom. The number of carboxylic acid groups (broad SMARTS) is 1. The zero-order valence-corrected chi connectivity index (χ0v) is 11.0. The van der Waals surface area contributed by atoms with Gasteiger partial charge in [-0.3, -0.25) is 4.79 Å². The molecule has 18 heavy (non-hydrogen) atoms. The van der Waals surface area contributed by atoms with Gasteiger partial charge < -0.3 is 20.4 Å². The number of hydrogen-bond acceptors (Lipinski definition) is 3. The molecule has 0 aromatic rings. The highest BCUT2D eigenvalue weighted by molar-refractivity contribution is 5.78. The molecule has 0 aromatic carbocycles. The number of amides is 2. The summed E-state index contributed by atoms with van der Waals surface area (Å²) in [6, 6.07) is -0.626. The van der Waals surface area contributed by atoms with Crippen LogP contribution in [0.5, 0.6) is 0 Å². The highest BCUT2D eigenvalue weighted by atomic mass is 16.4. The number of aliphatic hydroxyl groups excluding tert-OH is 1. The fourth-order valence-electron chi connectivity index (χ4n) is 2.21. The number of urea groups is 1. The molecule has 1 rings (SSSR count). The predicted molar refractivity (Wildman–Crippen MR) is 66.2 cm³/mol. The lowest BCUT2D eigenvalue weighted by molar-refractivity contribution is -0.148. The summed E-state index contributed by atoms with van der Waals surface area (Å²) in [7, 11) is 1.58. The first-order valence-electron chi connectivity index (χ1n) is 6.28. The van der Waals surface area contributed by atoms with Gasteiger partial charge >= 0.3 is 12.0 Å². The third kappa shape index (κ3) is 3.13. The van der Waals surface area contributed by atoms with Gasteiger partial charge in [0.05, 0.1) is 18.1 Å². The Balaban J connectivity index is 2.53. The number of carboxylic acids is 1. The summed E-state index contributed by atoms with van der Waals surface area (Å²) in [5, 5.41) is 20.9. The second-order valence-corrected chi connectivity index (χ2v) is 5.09. The number of carbonyl (C=O) groups excluding carboxylic acids is 1. The van der Waals surface area contributed by atoms with Crippen LogP contribution in [0, 0.1) is 5.41 Å². The summed E-state index contributed by atoms with van der Waals surface area (Å²) >= 11 is 0. The number of likely N-dealkylation sites (N-methyl/N-ethyl adjacent to an activating group) is 1. The van der Waals surface area contributed by atoms with Crippen LogP contribution in [0.25, 0.3) is 0 Å². The monoisotopic (exact) mass is 258 g/mol. The number of carbonyl (C=O) groups is 2. The molecule has 0 aliphatic heterocycles. The van der Waals surface area contributed by atoms with E-state index < -0.39 is 11.4 Å². The number of nitrogens with zero attached hydrogens (tertiary/aromatic N) is 1. The van der Waals surface area contributed by atoms with Crippen molar-refractivity contribution in [3.8, 4) is 0 Å². The average Bonchev–Trinajstić information content (AvgIpc) is 2.84. The van der Waals surface area contributed by atoms with Gasteiger partial charge in [0.15, 0.2) is 0 Å². The highest BCUT2D eigenvalue weighted by Crippen LogP contribution is 2.37. The van der Waals surface area contributed by atoms with Crippen molar-refractivity contribution >= 4 is 12.0 Å². The van der Waals surface area contributed by atoms with Crippen molar-refractivity contribution < 1.29 is 19.8 Å². The Hall–Kier alpha value is -1.30. The number of nitrogens with one attached hydrogen (secondary N) is 1. The van der Waals surface area contributed by atoms with Crippen LogP contribution < -0.4 is 5.32 Å². The molecule has 0 radical (unpaired) electrons. The largest absolute Gasteiger partial charge is 0.481 e. The fraction of sp³-hybridized carbons (Fsp3) is 0.833. The Morgan fingerprint density at radius 1 is 1.39 bits per heavy atom. The summed E-state index contributed by atoms with van der Waals surface area (Å²) in [6.07, 6.45) is 3.01. The van der Waals surface area contributed by atoms with Crippen molar-refractivity contribution in [2.45, 2.75) is 38.6 Å². The second-order valence-electron chi connectivity index (χ2n) is 5.09. The van der Waals surface area contributed by atoms with Gasteiger partial charge in [-0.25, -0.2) is 4.79 Å². The highest BCUT2D eigenvalue weighted by Gasteiger charge is 2.41. The Morgan fingerprint density at radius 3 is 2.39 bits per heavy atom. The van der Waals surface area contributed by atoms with E-state index in [-0.39, 0.29) is 25.2 Å². The predicted octanol–water partition coefficient (Wildman–Crippen LogP) is 0.654.